The van der Waals surface area contributed by atoms with Crippen molar-refractivity contribution in [3.63, 3.8) is 0 Å². The number of ether oxygens (including phenoxy) is 1. The van der Waals surface area contributed by atoms with Crippen LogP contribution in [0.5, 0.6) is 0 Å². The van der Waals surface area contributed by atoms with Gasteiger partial charge in [0.25, 0.3) is 0 Å². The van der Waals surface area contributed by atoms with E-state index in [2.05, 4.69) is 5.32 Å². The molecular weight excluding hydrogens is 230 g/mol. The van der Waals surface area contributed by atoms with Gasteiger partial charge in [-0.3, -0.25) is 4.79 Å². The number of Topliss-reactive ketones (excluding diaryl/α,β-unsaturated/α-hetero) is 1. The van der Waals surface area contributed by atoms with Crippen molar-refractivity contribution in [2.75, 3.05) is 0 Å². The van der Waals surface area contributed by atoms with Crippen LogP contribution in [0.4, 0.5) is 4.79 Å². The fourth-order valence-corrected chi connectivity index (χ4v) is 1.89. The second-order valence-corrected chi connectivity index (χ2v) is 4.55. The van der Waals surface area contributed by atoms with Crippen LogP contribution in [0.25, 0.3) is 0 Å². The molecule has 0 heterocycles. The molecule has 0 saturated heterocycles. The van der Waals surface area contributed by atoms with Crippen molar-refractivity contribution in [2.45, 2.75) is 38.3 Å². The first-order valence-electron chi connectivity index (χ1n) is 6.18. The number of nitrogens with one attached hydrogen (secondary N) is 1. The zero-order valence-electron chi connectivity index (χ0n) is 10.4. The lowest BCUT2D eigenvalue weighted by atomic mass is 10.1. The Morgan fingerprint density at radius 3 is 2.50 bits per heavy atom. The summed E-state index contributed by atoms with van der Waals surface area (Å²) in [4.78, 5) is 23.2. The number of carbonyl (C=O) groups excluding carboxylic acids is 2. The van der Waals surface area contributed by atoms with Crippen LogP contribution in [0.15, 0.2) is 30.3 Å². The third-order valence-corrected chi connectivity index (χ3v) is 3.16. The molecule has 0 atom stereocenters. The summed E-state index contributed by atoms with van der Waals surface area (Å²) in [5.74, 6) is 0.0826. The summed E-state index contributed by atoms with van der Waals surface area (Å²) in [5, 5.41) is 2.68. The minimum atomic E-state index is -0.636. The van der Waals surface area contributed by atoms with Gasteiger partial charge in [-0.1, -0.05) is 37.3 Å². The standard InChI is InChI=1S/C14H17NO3/c1-2-12(16)14(8-9-14)15-13(17)18-10-11-6-4-3-5-7-11/h3-7H,2,8-10H2,1H3,(H,15,17). The lowest BCUT2D eigenvalue weighted by Gasteiger charge is -2.15. The van der Waals surface area contributed by atoms with E-state index in [-0.39, 0.29) is 12.4 Å². The van der Waals surface area contributed by atoms with E-state index in [0.29, 0.717) is 6.42 Å². The highest BCUT2D eigenvalue weighted by Crippen LogP contribution is 2.37. The van der Waals surface area contributed by atoms with E-state index in [0.717, 1.165) is 18.4 Å². The molecule has 1 saturated carbocycles. The molecule has 0 bridgehead atoms. The Hall–Kier alpha value is -1.84. The van der Waals surface area contributed by atoms with Gasteiger partial charge in [-0.15, -0.1) is 0 Å². The van der Waals surface area contributed by atoms with E-state index in [1.807, 2.05) is 30.3 Å². The molecule has 0 radical (unpaired) electrons. The molecule has 1 aromatic rings. The van der Waals surface area contributed by atoms with Gasteiger partial charge in [-0.05, 0) is 18.4 Å². The Morgan fingerprint density at radius 1 is 1.28 bits per heavy atom. The highest BCUT2D eigenvalue weighted by molar-refractivity contribution is 5.94. The van der Waals surface area contributed by atoms with Crippen LogP contribution in [0.3, 0.4) is 0 Å². The lowest BCUT2D eigenvalue weighted by Crippen LogP contribution is -2.43. The predicted molar refractivity (Wildman–Crippen MR) is 67.0 cm³/mol. The minimum Gasteiger partial charge on any atom is -0.445 e. The summed E-state index contributed by atoms with van der Waals surface area (Å²) >= 11 is 0. The van der Waals surface area contributed by atoms with E-state index >= 15 is 0 Å². The summed E-state index contributed by atoms with van der Waals surface area (Å²) in [6, 6.07) is 9.45. The van der Waals surface area contributed by atoms with Crippen LogP contribution in [0.2, 0.25) is 0 Å². The van der Waals surface area contributed by atoms with Crippen LogP contribution in [0, 0.1) is 0 Å². The summed E-state index contributed by atoms with van der Waals surface area (Å²) in [6.45, 7) is 2.03. The number of hydrogen-bond acceptors (Lipinski definition) is 3. The Balaban J connectivity index is 1.81. The first kappa shape index (κ1) is 12.6. The molecule has 4 heteroatoms. The van der Waals surface area contributed by atoms with Crippen molar-refractivity contribution in [1.82, 2.24) is 5.32 Å². The van der Waals surface area contributed by atoms with Gasteiger partial charge in [0.2, 0.25) is 0 Å². The molecule has 2 rings (SSSR count). The molecule has 0 spiro atoms. The second-order valence-electron chi connectivity index (χ2n) is 4.55. The molecule has 0 aromatic heterocycles. The van der Waals surface area contributed by atoms with E-state index < -0.39 is 11.6 Å². The van der Waals surface area contributed by atoms with Crippen LogP contribution in [-0.4, -0.2) is 17.4 Å². The number of amides is 1. The van der Waals surface area contributed by atoms with Gasteiger partial charge in [0.15, 0.2) is 5.78 Å². The fraction of sp³-hybridized carbons (Fsp3) is 0.429. The van der Waals surface area contributed by atoms with Gasteiger partial charge < -0.3 is 10.1 Å². The molecule has 1 aromatic carbocycles. The number of ketones is 1. The summed E-state index contributed by atoms with van der Waals surface area (Å²) < 4.78 is 5.10. The number of carbonyl (C=O) groups is 2. The van der Waals surface area contributed by atoms with Crippen LogP contribution >= 0.6 is 0 Å². The molecule has 0 aliphatic heterocycles. The van der Waals surface area contributed by atoms with Gasteiger partial charge in [-0.25, -0.2) is 4.79 Å². The molecule has 18 heavy (non-hydrogen) atoms. The van der Waals surface area contributed by atoms with Gasteiger partial charge >= 0.3 is 6.09 Å². The van der Waals surface area contributed by atoms with Crippen molar-refractivity contribution in [1.29, 1.82) is 0 Å². The molecule has 4 nitrogen and oxygen atoms in total. The minimum absolute atomic E-state index is 0.0826. The Kier molecular flexibility index (Phi) is 3.65. The normalized spacial score (nSPS) is 15.8. The van der Waals surface area contributed by atoms with Crippen LogP contribution < -0.4 is 5.32 Å². The van der Waals surface area contributed by atoms with E-state index in [1.54, 1.807) is 6.92 Å². The maximum absolute atomic E-state index is 11.6. The van der Waals surface area contributed by atoms with Gasteiger partial charge in [0.1, 0.15) is 12.1 Å². The number of hydrogen-bond donors (Lipinski definition) is 1. The number of alkyl carbamates (subject to hydrolysis) is 1. The summed E-state index contributed by atoms with van der Waals surface area (Å²) in [6.07, 6.45) is 1.37. The van der Waals surface area contributed by atoms with Crippen LogP contribution in [0.1, 0.15) is 31.7 Å². The molecule has 1 aliphatic carbocycles. The zero-order valence-corrected chi connectivity index (χ0v) is 10.4. The van der Waals surface area contributed by atoms with Crippen molar-refractivity contribution >= 4 is 11.9 Å². The average Bonchev–Trinajstić information content (AvgIpc) is 3.17. The first-order valence-corrected chi connectivity index (χ1v) is 6.18. The third-order valence-electron chi connectivity index (χ3n) is 3.16. The molecule has 1 N–H and O–H groups in total. The predicted octanol–water partition coefficient (Wildman–Crippen LogP) is 2.42. The summed E-state index contributed by atoms with van der Waals surface area (Å²) in [7, 11) is 0. The van der Waals surface area contributed by atoms with Crippen molar-refractivity contribution in [3.05, 3.63) is 35.9 Å². The molecule has 1 fully saturated rings. The SMILES string of the molecule is CCC(=O)C1(NC(=O)OCc2ccccc2)CC1. The van der Waals surface area contributed by atoms with Gasteiger partial charge in [0.05, 0.1) is 0 Å². The molecular formula is C14H17NO3. The largest absolute Gasteiger partial charge is 0.445 e. The Labute approximate surface area is 106 Å². The maximum atomic E-state index is 11.6. The molecule has 1 amide bonds. The van der Waals surface area contributed by atoms with Crippen LogP contribution in [-0.2, 0) is 16.1 Å². The lowest BCUT2D eigenvalue weighted by molar-refractivity contribution is -0.121. The molecule has 0 unspecified atom stereocenters. The van der Waals surface area contributed by atoms with Gasteiger partial charge in [-0.2, -0.15) is 0 Å². The highest BCUT2D eigenvalue weighted by atomic mass is 16.5. The fourth-order valence-electron chi connectivity index (χ4n) is 1.89. The molecule has 1 aliphatic rings. The average molecular weight is 247 g/mol. The summed E-state index contributed by atoms with van der Waals surface area (Å²) in [5.41, 5.74) is 0.294. The van der Waals surface area contributed by atoms with Crippen molar-refractivity contribution in [3.8, 4) is 0 Å². The molecule has 96 valence electrons. The van der Waals surface area contributed by atoms with E-state index in [4.69, 9.17) is 4.74 Å². The van der Waals surface area contributed by atoms with E-state index in [1.165, 1.54) is 0 Å². The highest BCUT2D eigenvalue weighted by Gasteiger charge is 2.50. The smallest absolute Gasteiger partial charge is 0.408 e. The quantitative estimate of drug-likeness (QED) is 0.869. The monoisotopic (exact) mass is 247 g/mol. The first-order chi connectivity index (χ1) is 8.66. The Bertz CT molecular complexity index is 438. The topological polar surface area (TPSA) is 55.4 Å². The number of benzene rings is 1. The third kappa shape index (κ3) is 2.88. The Morgan fingerprint density at radius 2 is 1.94 bits per heavy atom. The van der Waals surface area contributed by atoms with Crippen molar-refractivity contribution < 1.29 is 14.3 Å². The van der Waals surface area contributed by atoms with E-state index in [9.17, 15) is 9.59 Å². The zero-order chi connectivity index (χ0) is 13.0. The van der Waals surface area contributed by atoms with Crippen molar-refractivity contribution in [2.24, 2.45) is 0 Å². The second kappa shape index (κ2) is 5.21. The number of rotatable bonds is 5. The maximum Gasteiger partial charge on any atom is 0.408 e. The van der Waals surface area contributed by atoms with Gasteiger partial charge in [0, 0.05) is 6.42 Å².